The molecule has 0 aromatic carbocycles. The lowest BCUT2D eigenvalue weighted by Gasteiger charge is -2.01. The van der Waals surface area contributed by atoms with Crippen molar-refractivity contribution in [3.8, 4) is 0 Å². The molecule has 0 aliphatic heterocycles. The van der Waals surface area contributed by atoms with E-state index in [-0.39, 0.29) is 18.3 Å². The second kappa shape index (κ2) is 3.27. The number of rotatable bonds is 2. The molecule has 4 N–H and O–H groups in total. The maximum absolute atomic E-state index is 11.1. The van der Waals surface area contributed by atoms with Crippen molar-refractivity contribution in [2.45, 2.75) is 6.92 Å². The molecule has 0 bridgehead atoms. The van der Waals surface area contributed by atoms with E-state index in [9.17, 15) is 4.79 Å². The summed E-state index contributed by atoms with van der Waals surface area (Å²) in [6, 6.07) is 0. The summed E-state index contributed by atoms with van der Waals surface area (Å²) in [5.74, 6) is -0.00595. The predicted octanol–water partition coefficient (Wildman–Crippen LogP) is -0.491. The van der Waals surface area contributed by atoms with Crippen LogP contribution in [0.4, 0.5) is 5.95 Å². The monoisotopic (exact) mass is 166 g/mol. The highest BCUT2D eigenvalue weighted by Crippen LogP contribution is 2.04. The van der Waals surface area contributed by atoms with Gasteiger partial charge in [0, 0.05) is 6.20 Å². The van der Waals surface area contributed by atoms with Gasteiger partial charge in [0.05, 0.1) is 17.8 Å². The third-order valence-electron chi connectivity index (χ3n) is 1.48. The molecule has 1 heterocycles. The largest absolute Gasteiger partial charge is 0.368 e. The number of ketones is 1. The van der Waals surface area contributed by atoms with Crippen LogP contribution in [0.3, 0.4) is 0 Å². The minimum Gasteiger partial charge on any atom is -0.368 e. The van der Waals surface area contributed by atoms with E-state index < -0.39 is 0 Å². The lowest BCUT2D eigenvalue weighted by Crippen LogP contribution is -2.16. The van der Waals surface area contributed by atoms with Crippen LogP contribution in [0.15, 0.2) is 6.20 Å². The Bertz CT molecular complexity index is 310. The Morgan fingerprint density at radius 3 is 2.83 bits per heavy atom. The van der Waals surface area contributed by atoms with Crippen molar-refractivity contribution < 1.29 is 4.79 Å². The molecular formula is C7H10N4O. The topological polar surface area (TPSA) is 94.9 Å². The minimum atomic E-state index is -0.174. The van der Waals surface area contributed by atoms with Gasteiger partial charge >= 0.3 is 0 Å². The van der Waals surface area contributed by atoms with Crippen LogP contribution < -0.4 is 11.5 Å². The summed E-state index contributed by atoms with van der Waals surface area (Å²) in [7, 11) is 0. The number of nitrogen functional groups attached to an aromatic ring is 1. The average Bonchev–Trinajstić information content (AvgIpc) is 2.03. The standard InChI is InChI=1S/C7H10N4O/c1-4-5(6(12)2-8)3-10-7(9)11-4/h3H,2,8H2,1H3,(H2,9,10,11). The number of aryl methyl sites for hydroxylation is 1. The van der Waals surface area contributed by atoms with Gasteiger partial charge in [-0.05, 0) is 6.92 Å². The third-order valence-corrected chi connectivity index (χ3v) is 1.48. The summed E-state index contributed by atoms with van der Waals surface area (Å²) in [4.78, 5) is 18.6. The Morgan fingerprint density at radius 2 is 2.33 bits per heavy atom. The molecule has 0 atom stereocenters. The van der Waals surface area contributed by atoms with E-state index in [0.29, 0.717) is 11.3 Å². The number of nitrogens with two attached hydrogens (primary N) is 2. The Kier molecular flexibility index (Phi) is 2.35. The minimum absolute atomic E-state index is 0.0336. The molecule has 0 spiro atoms. The van der Waals surface area contributed by atoms with E-state index >= 15 is 0 Å². The second-order valence-corrected chi connectivity index (χ2v) is 2.35. The second-order valence-electron chi connectivity index (χ2n) is 2.35. The molecule has 1 rings (SSSR count). The Balaban J connectivity index is 3.09. The lowest BCUT2D eigenvalue weighted by molar-refractivity contribution is 0.1000. The highest BCUT2D eigenvalue weighted by atomic mass is 16.1. The summed E-state index contributed by atoms with van der Waals surface area (Å²) in [5, 5.41) is 0. The quantitative estimate of drug-likeness (QED) is 0.578. The van der Waals surface area contributed by atoms with E-state index in [2.05, 4.69) is 9.97 Å². The first-order valence-corrected chi connectivity index (χ1v) is 3.47. The van der Waals surface area contributed by atoms with Gasteiger partial charge in [0.2, 0.25) is 5.95 Å². The molecule has 64 valence electrons. The Morgan fingerprint density at radius 1 is 1.67 bits per heavy atom. The number of carbonyl (C=O) groups is 1. The zero-order valence-electron chi connectivity index (χ0n) is 6.74. The van der Waals surface area contributed by atoms with Gasteiger partial charge in [-0.1, -0.05) is 0 Å². The van der Waals surface area contributed by atoms with Gasteiger partial charge in [-0.2, -0.15) is 0 Å². The fourth-order valence-electron chi connectivity index (χ4n) is 0.869. The van der Waals surface area contributed by atoms with E-state index in [1.807, 2.05) is 0 Å². The molecule has 5 nitrogen and oxygen atoms in total. The van der Waals surface area contributed by atoms with Crippen LogP contribution in [0, 0.1) is 6.92 Å². The lowest BCUT2D eigenvalue weighted by atomic mass is 10.1. The van der Waals surface area contributed by atoms with Crippen molar-refractivity contribution >= 4 is 11.7 Å². The first-order valence-electron chi connectivity index (χ1n) is 3.47. The fourth-order valence-corrected chi connectivity index (χ4v) is 0.869. The van der Waals surface area contributed by atoms with Crippen LogP contribution in [-0.2, 0) is 0 Å². The third kappa shape index (κ3) is 1.57. The van der Waals surface area contributed by atoms with Gasteiger partial charge in [0.15, 0.2) is 5.78 Å². The van der Waals surface area contributed by atoms with Gasteiger partial charge in [0.1, 0.15) is 0 Å². The molecule has 0 radical (unpaired) electrons. The molecule has 0 amide bonds. The van der Waals surface area contributed by atoms with E-state index in [0.717, 1.165) is 0 Å². The Hall–Kier alpha value is -1.49. The summed E-state index contributed by atoms with van der Waals surface area (Å²) < 4.78 is 0. The smallest absolute Gasteiger partial charge is 0.220 e. The molecule has 1 aromatic heterocycles. The van der Waals surface area contributed by atoms with Crippen LogP contribution in [0.2, 0.25) is 0 Å². The van der Waals surface area contributed by atoms with Crippen LogP contribution in [0.25, 0.3) is 0 Å². The molecule has 0 aliphatic rings. The zero-order valence-corrected chi connectivity index (χ0v) is 6.74. The predicted molar refractivity (Wildman–Crippen MR) is 44.6 cm³/mol. The number of anilines is 1. The summed E-state index contributed by atoms with van der Waals surface area (Å²) in [6.07, 6.45) is 1.40. The first kappa shape index (κ1) is 8.61. The van der Waals surface area contributed by atoms with Gasteiger partial charge in [-0.15, -0.1) is 0 Å². The van der Waals surface area contributed by atoms with E-state index in [4.69, 9.17) is 11.5 Å². The number of nitrogens with zero attached hydrogens (tertiary/aromatic N) is 2. The van der Waals surface area contributed by atoms with Gasteiger partial charge in [-0.25, -0.2) is 9.97 Å². The number of hydrogen-bond donors (Lipinski definition) is 2. The van der Waals surface area contributed by atoms with Crippen LogP contribution in [0.5, 0.6) is 0 Å². The van der Waals surface area contributed by atoms with Crippen LogP contribution in [-0.4, -0.2) is 22.3 Å². The van der Waals surface area contributed by atoms with E-state index in [1.165, 1.54) is 6.20 Å². The van der Waals surface area contributed by atoms with Crippen LogP contribution >= 0.6 is 0 Å². The molecule has 12 heavy (non-hydrogen) atoms. The molecule has 0 unspecified atom stereocenters. The van der Waals surface area contributed by atoms with Crippen molar-refractivity contribution in [1.29, 1.82) is 0 Å². The molecule has 0 aliphatic carbocycles. The summed E-state index contributed by atoms with van der Waals surface area (Å²) >= 11 is 0. The summed E-state index contributed by atoms with van der Waals surface area (Å²) in [5.41, 5.74) is 11.5. The first-order chi connectivity index (χ1) is 5.65. The van der Waals surface area contributed by atoms with Crippen molar-refractivity contribution in [1.82, 2.24) is 9.97 Å². The number of aromatic nitrogens is 2. The van der Waals surface area contributed by atoms with Crippen molar-refractivity contribution in [2.24, 2.45) is 5.73 Å². The number of Topliss-reactive ketones (excluding diaryl/α,β-unsaturated/α-hetero) is 1. The molecule has 0 fully saturated rings. The normalized spacial score (nSPS) is 9.83. The van der Waals surface area contributed by atoms with Crippen LogP contribution in [0.1, 0.15) is 16.1 Å². The number of hydrogen-bond acceptors (Lipinski definition) is 5. The molecular weight excluding hydrogens is 156 g/mol. The van der Waals surface area contributed by atoms with Gasteiger partial charge in [-0.3, -0.25) is 4.79 Å². The zero-order chi connectivity index (χ0) is 9.14. The highest BCUT2D eigenvalue weighted by Gasteiger charge is 2.08. The van der Waals surface area contributed by atoms with Crippen molar-refractivity contribution in [3.05, 3.63) is 17.5 Å². The fraction of sp³-hybridized carbons (Fsp3) is 0.286. The molecule has 0 saturated carbocycles. The Labute approximate surface area is 69.8 Å². The molecule has 5 heteroatoms. The van der Waals surface area contributed by atoms with Gasteiger partial charge < -0.3 is 11.5 Å². The van der Waals surface area contributed by atoms with E-state index in [1.54, 1.807) is 6.92 Å². The summed E-state index contributed by atoms with van der Waals surface area (Å²) in [6.45, 7) is 1.66. The molecule has 1 aromatic rings. The average molecular weight is 166 g/mol. The number of carbonyl (C=O) groups excluding carboxylic acids is 1. The van der Waals surface area contributed by atoms with Crippen molar-refractivity contribution in [3.63, 3.8) is 0 Å². The highest BCUT2D eigenvalue weighted by molar-refractivity contribution is 5.98. The maximum Gasteiger partial charge on any atom is 0.220 e. The van der Waals surface area contributed by atoms with Crippen molar-refractivity contribution in [2.75, 3.05) is 12.3 Å². The molecule has 0 saturated heterocycles. The SMILES string of the molecule is Cc1nc(N)ncc1C(=O)CN. The van der Waals surface area contributed by atoms with Gasteiger partial charge in [0.25, 0.3) is 0 Å². The maximum atomic E-state index is 11.1.